The van der Waals surface area contributed by atoms with Crippen LogP contribution in [0.3, 0.4) is 0 Å². The van der Waals surface area contributed by atoms with Crippen molar-refractivity contribution in [3.05, 3.63) is 59.5 Å². The first kappa shape index (κ1) is 18.1. The number of nitrogens with zero attached hydrogens (tertiary/aromatic N) is 3. The average Bonchev–Trinajstić information content (AvgIpc) is 3.08. The molecular formula is C19H28N4O. The van der Waals surface area contributed by atoms with Gasteiger partial charge in [0.25, 0.3) is 0 Å². The Hall–Kier alpha value is -2.27. The van der Waals surface area contributed by atoms with Gasteiger partial charge in [0.1, 0.15) is 5.76 Å². The van der Waals surface area contributed by atoms with Crippen LogP contribution in [0.2, 0.25) is 0 Å². The topological polar surface area (TPSA) is 58.0 Å². The molecule has 5 heteroatoms. The number of hydrogen-bond donors (Lipinski definition) is 1. The zero-order chi connectivity index (χ0) is 17.4. The summed E-state index contributed by atoms with van der Waals surface area (Å²) in [5.41, 5.74) is 8.56. The van der Waals surface area contributed by atoms with Crippen LogP contribution >= 0.6 is 0 Å². The lowest BCUT2D eigenvalue weighted by Gasteiger charge is -2.20. The van der Waals surface area contributed by atoms with Crippen molar-refractivity contribution < 1.29 is 4.42 Å². The maximum atomic E-state index is 6.08. The summed E-state index contributed by atoms with van der Waals surface area (Å²) in [5, 5.41) is 0. The summed E-state index contributed by atoms with van der Waals surface area (Å²) in [4.78, 5) is 8.86. The second kappa shape index (κ2) is 9.13. The van der Waals surface area contributed by atoms with E-state index in [-0.39, 0.29) is 0 Å². The fourth-order valence-electron chi connectivity index (χ4n) is 2.70. The largest absolute Gasteiger partial charge is 0.468 e. The van der Waals surface area contributed by atoms with Gasteiger partial charge >= 0.3 is 0 Å². The molecule has 2 aromatic rings. The van der Waals surface area contributed by atoms with Gasteiger partial charge < -0.3 is 15.1 Å². The SMILES string of the molecule is CCN(CC)C(N)=NCc1ccccc1CN(C)Cc1ccco1. The lowest BCUT2D eigenvalue weighted by atomic mass is 10.1. The van der Waals surface area contributed by atoms with E-state index >= 15 is 0 Å². The molecule has 0 aliphatic carbocycles. The average molecular weight is 328 g/mol. The molecule has 0 bridgehead atoms. The highest BCUT2D eigenvalue weighted by molar-refractivity contribution is 5.78. The molecule has 2 N–H and O–H groups in total. The van der Waals surface area contributed by atoms with Crippen LogP contribution < -0.4 is 5.73 Å². The maximum absolute atomic E-state index is 6.08. The molecule has 0 unspecified atom stereocenters. The van der Waals surface area contributed by atoms with E-state index < -0.39 is 0 Å². The Balaban J connectivity index is 2.03. The second-order valence-corrected chi connectivity index (χ2v) is 5.87. The number of benzene rings is 1. The van der Waals surface area contributed by atoms with Crippen molar-refractivity contribution in [3.8, 4) is 0 Å². The van der Waals surface area contributed by atoms with Gasteiger partial charge in [-0.1, -0.05) is 24.3 Å². The zero-order valence-corrected chi connectivity index (χ0v) is 14.9. The van der Waals surface area contributed by atoms with E-state index in [1.807, 2.05) is 12.1 Å². The van der Waals surface area contributed by atoms with Gasteiger partial charge in [-0.15, -0.1) is 0 Å². The summed E-state index contributed by atoms with van der Waals surface area (Å²) in [5.74, 6) is 1.58. The van der Waals surface area contributed by atoms with Crippen LogP contribution in [0, 0.1) is 0 Å². The summed E-state index contributed by atoms with van der Waals surface area (Å²) in [6, 6.07) is 12.3. The van der Waals surface area contributed by atoms with E-state index in [0.29, 0.717) is 12.5 Å². The number of hydrogen-bond acceptors (Lipinski definition) is 3. The molecule has 0 atom stereocenters. The number of nitrogens with two attached hydrogens (primary N) is 1. The molecule has 1 heterocycles. The Morgan fingerprint density at radius 1 is 1.04 bits per heavy atom. The van der Waals surface area contributed by atoms with Crippen LogP contribution in [0.25, 0.3) is 0 Å². The molecule has 0 aliphatic heterocycles. The highest BCUT2D eigenvalue weighted by Crippen LogP contribution is 2.14. The maximum Gasteiger partial charge on any atom is 0.191 e. The third kappa shape index (κ3) is 5.13. The third-order valence-electron chi connectivity index (χ3n) is 4.06. The Labute approximate surface area is 144 Å². The molecule has 24 heavy (non-hydrogen) atoms. The van der Waals surface area contributed by atoms with E-state index in [2.05, 4.69) is 60.0 Å². The van der Waals surface area contributed by atoms with Crippen molar-refractivity contribution in [2.45, 2.75) is 33.5 Å². The highest BCUT2D eigenvalue weighted by atomic mass is 16.3. The van der Waals surface area contributed by atoms with E-state index in [9.17, 15) is 0 Å². The summed E-state index contributed by atoms with van der Waals surface area (Å²) >= 11 is 0. The van der Waals surface area contributed by atoms with Crippen molar-refractivity contribution in [3.63, 3.8) is 0 Å². The number of rotatable bonds is 8. The van der Waals surface area contributed by atoms with Gasteiger partial charge in [0.2, 0.25) is 0 Å². The van der Waals surface area contributed by atoms with Crippen molar-refractivity contribution in [2.75, 3.05) is 20.1 Å². The molecule has 1 aromatic heterocycles. The predicted molar refractivity (Wildman–Crippen MR) is 98.6 cm³/mol. The van der Waals surface area contributed by atoms with Crippen LogP contribution in [0.1, 0.15) is 30.7 Å². The van der Waals surface area contributed by atoms with Gasteiger partial charge in [-0.2, -0.15) is 0 Å². The van der Waals surface area contributed by atoms with E-state index in [1.54, 1.807) is 6.26 Å². The van der Waals surface area contributed by atoms with Crippen LogP contribution in [0.4, 0.5) is 0 Å². The number of aliphatic imine (C=N–C) groups is 1. The van der Waals surface area contributed by atoms with Crippen LogP contribution in [0.5, 0.6) is 0 Å². The molecule has 5 nitrogen and oxygen atoms in total. The van der Waals surface area contributed by atoms with E-state index in [1.165, 1.54) is 11.1 Å². The van der Waals surface area contributed by atoms with E-state index in [0.717, 1.165) is 31.9 Å². The first-order valence-electron chi connectivity index (χ1n) is 8.46. The standard InChI is InChI=1S/C19H28N4O/c1-4-23(5-2)19(20)21-13-16-9-6-7-10-17(16)14-22(3)15-18-11-8-12-24-18/h6-12H,4-5,13-15H2,1-3H3,(H2,20,21). The minimum absolute atomic E-state index is 0.604. The molecule has 0 amide bonds. The van der Waals surface area contributed by atoms with Crippen molar-refractivity contribution in [2.24, 2.45) is 10.7 Å². The Morgan fingerprint density at radius 3 is 2.38 bits per heavy atom. The van der Waals surface area contributed by atoms with E-state index in [4.69, 9.17) is 10.2 Å². The van der Waals surface area contributed by atoms with Gasteiger partial charge in [-0.25, -0.2) is 4.99 Å². The van der Waals surface area contributed by atoms with Gasteiger partial charge in [0, 0.05) is 19.6 Å². The molecule has 0 radical (unpaired) electrons. The summed E-state index contributed by atoms with van der Waals surface area (Å²) < 4.78 is 5.42. The molecule has 0 fully saturated rings. The lowest BCUT2D eigenvalue weighted by molar-refractivity contribution is 0.287. The minimum Gasteiger partial charge on any atom is -0.468 e. The Kier molecular flexibility index (Phi) is 6.88. The second-order valence-electron chi connectivity index (χ2n) is 5.87. The van der Waals surface area contributed by atoms with Crippen molar-refractivity contribution >= 4 is 5.96 Å². The molecule has 2 rings (SSSR count). The summed E-state index contributed by atoms with van der Waals surface area (Å²) in [7, 11) is 2.09. The lowest BCUT2D eigenvalue weighted by Crippen LogP contribution is -2.37. The van der Waals surface area contributed by atoms with Gasteiger partial charge in [-0.05, 0) is 44.2 Å². The number of guanidine groups is 1. The Morgan fingerprint density at radius 2 is 1.75 bits per heavy atom. The molecular weight excluding hydrogens is 300 g/mol. The first-order valence-corrected chi connectivity index (χ1v) is 8.46. The number of furan rings is 1. The fourth-order valence-corrected chi connectivity index (χ4v) is 2.70. The summed E-state index contributed by atoms with van der Waals surface area (Å²) in [6.07, 6.45) is 1.71. The van der Waals surface area contributed by atoms with Crippen molar-refractivity contribution in [1.29, 1.82) is 0 Å². The normalized spacial score (nSPS) is 11.9. The van der Waals surface area contributed by atoms with Crippen molar-refractivity contribution in [1.82, 2.24) is 9.80 Å². The van der Waals surface area contributed by atoms with Gasteiger partial charge in [0.05, 0.1) is 19.4 Å². The predicted octanol–water partition coefficient (Wildman–Crippen LogP) is 3.07. The van der Waals surface area contributed by atoms with Crippen LogP contribution in [-0.2, 0) is 19.6 Å². The molecule has 0 saturated heterocycles. The molecule has 0 saturated carbocycles. The smallest absolute Gasteiger partial charge is 0.191 e. The zero-order valence-electron chi connectivity index (χ0n) is 14.9. The fraction of sp³-hybridized carbons (Fsp3) is 0.421. The minimum atomic E-state index is 0.604. The quantitative estimate of drug-likeness (QED) is 0.598. The third-order valence-corrected chi connectivity index (χ3v) is 4.06. The molecule has 130 valence electrons. The molecule has 0 spiro atoms. The Bertz CT molecular complexity index is 633. The molecule has 0 aliphatic rings. The van der Waals surface area contributed by atoms with Crippen LogP contribution in [0.15, 0.2) is 52.1 Å². The highest BCUT2D eigenvalue weighted by Gasteiger charge is 2.08. The van der Waals surface area contributed by atoms with Gasteiger partial charge in [-0.3, -0.25) is 4.90 Å². The monoisotopic (exact) mass is 328 g/mol. The molecule has 1 aromatic carbocycles. The van der Waals surface area contributed by atoms with Crippen LogP contribution in [-0.4, -0.2) is 35.9 Å². The summed E-state index contributed by atoms with van der Waals surface area (Å²) in [6.45, 7) is 8.16. The first-order chi connectivity index (χ1) is 11.6. The van der Waals surface area contributed by atoms with Gasteiger partial charge in [0.15, 0.2) is 5.96 Å².